The third-order valence-electron chi connectivity index (χ3n) is 6.54. The Balaban J connectivity index is 1.53. The monoisotopic (exact) mass is 497 g/mol. The zero-order valence-corrected chi connectivity index (χ0v) is 21.4. The molecule has 0 saturated carbocycles. The van der Waals surface area contributed by atoms with Crippen LogP contribution in [0.15, 0.2) is 82.0 Å². The summed E-state index contributed by atoms with van der Waals surface area (Å²) in [7, 11) is 0. The van der Waals surface area contributed by atoms with Crippen LogP contribution in [0, 0.1) is 6.92 Å². The van der Waals surface area contributed by atoms with Crippen molar-refractivity contribution in [2.24, 2.45) is 0 Å². The molecule has 0 radical (unpaired) electrons. The summed E-state index contributed by atoms with van der Waals surface area (Å²) < 4.78 is 17.8. The fourth-order valence-corrected chi connectivity index (χ4v) is 4.78. The van der Waals surface area contributed by atoms with Gasteiger partial charge in [-0.1, -0.05) is 54.1 Å². The molecule has 37 heavy (non-hydrogen) atoms. The highest BCUT2D eigenvalue weighted by molar-refractivity contribution is 5.99. The van der Waals surface area contributed by atoms with Crippen LogP contribution in [-0.2, 0) is 11.3 Å². The van der Waals surface area contributed by atoms with Crippen molar-refractivity contribution in [3.05, 3.63) is 111 Å². The van der Waals surface area contributed by atoms with Crippen molar-refractivity contribution in [3.8, 4) is 5.75 Å². The molecular formula is C31H31NO5. The molecule has 0 aliphatic carbocycles. The smallest absolute Gasteiger partial charge is 0.290 e. The molecule has 190 valence electrons. The second-order valence-corrected chi connectivity index (χ2v) is 9.69. The summed E-state index contributed by atoms with van der Waals surface area (Å²) in [5.41, 5.74) is 3.46. The minimum absolute atomic E-state index is 0.109. The van der Waals surface area contributed by atoms with Gasteiger partial charge in [-0.3, -0.25) is 9.59 Å². The number of fused-ring (bicyclic) bond motifs is 2. The lowest BCUT2D eigenvalue weighted by molar-refractivity contribution is 0.0593. The van der Waals surface area contributed by atoms with Crippen molar-refractivity contribution in [1.82, 2.24) is 4.90 Å². The minimum Gasteiger partial charge on any atom is -0.489 e. The van der Waals surface area contributed by atoms with Crippen molar-refractivity contribution in [1.29, 1.82) is 0 Å². The predicted molar refractivity (Wildman–Crippen MR) is 143 cm³/mol. The minimum atomic E-state index is -0.567. The zero-order valence-electron chi connectivity index (χ0n) is 21.4. The molecule has 6 heteroatoms. The van der Waals surface area contributed by atoms with Gasteiger partial charge in [0.1, 0.15) is 17.9 Å². The quantitative estimate of drug-likeness (QED) is 0.264. The van der Waals surface area contributed by atoms with E-state index in [1.165, 1.54) is 0 Å². The first kappa shape index (κ1) is 24.8. The number of hydrogen-bond donors (Lipinski definition) is 0. The van der Waals surface area contributed by atoms with Gasteiger partial charge < -0.3 is 18.8 Å². The Bertz CT molecular complexity index is 1470. The number of hydrogen-bond acceptors (Lipinski definition) is 5. The number of carbonyl (C=O) groups excluding carboxylic acids is 1. The lowest BCUT2D eigenvalue weighted by Gasteiger charge is -2.25. The molecule has 6 nitrogen and oxygen atoms in total. The first-order chi connectivity index (χ1) is 17.9. The number of benzene rings is 3. The van der Waals surface area contributed by atoms with Crippen LogP contribution >= 0.6 is 0 Å². The average Bonchev–Trinajstić information content (AvgIpc) is 3.18. The fourth-order valence-electron chi connectivity index (χ4n) is 4.78. The largest absolute Gasteiger partial charge is 0.489 e. The van der Waals surface area contributed by atoms with Gasteiger partial charge in [0, 0.05) is 13.2 Å². The lowest BCUT2D eigenvalue weighted by Crippen LogP contribution is -2.31. The molecule has 0 bridgehead atoms. The van der Waals surface area contributed by atoms with E-state index in [1.54, 1.807) is 11.0 Å². The van der Waals surface area contributed by atoms with Crippen molar-refractivity contribution >= 4 is 16.9 Å². The maximum Gasteiger partial charge on any atom is 0.290 e. The van der Waals surface area contributed by atoms with Gasteiger partial charge in [-0.2, -0.15) is 0 Å². The van der Waals surface area contributed by atoms with Gasteiger partial charge in [-0.05, 0) is 62.6 Å². The summed E-state index contributed by atoms with van der Waals surface area (Å²) in [4.78, 5) is 29.1. The van der Waals surface area contributed by atoms with Gasteiger partial charge in [-0.25, -0.2) is 0 Å². The Labute approximate surface area is 216 Å². The van der Waals surface area contributed by atoms with Crippen molar-refractivity contribution in [3.63, 3.8) is 0 Å². The number of amides is 1. The molecule has 4 aromatic rings. The maximum absolute atomic E-state index is 13.8. The summed E-state index contributed by atoms with van der Waals surface area (Å²) in [6.45, 7) is 7.28. The first-order valence-corrected chi connectivity index (χ1v) is 12.7. The van der Waals surface area contributed by atoms with Gasteiger partial charge in [0.05, 0.1) is 23.1 Å². The van der Waals surface area contributed by atoms with E-state index in [2.05, 4.69) is 0 Å². The Morgan fingerprint density at radius 3 is 2.57 bits per heavy atom. The molecule has 1 aliphatic rings. The highest BCUT2D eigenvalue weighted by atomic mass is 16.5. The van der Waals surface area contributed by atoms with E-state index in [9.17, 15) is 9.59 Å². The number of ether oxygens (including phenoxy) is 2. The Kier molecular flexibility index (Phi) is 7.10. The Hall–Kier alpha value is -3.90. The van der Waals surface area contributed by atoms with E-state index in [-0.39, 0.29) is 23.2 Å². The molecule has 0 saturated heterocycles. The van der Waals surface area contributed by atoms with Crippen LogP contribution < -0.4 is 10.2 Å². The molecule has 0 fully saturated rings. The van der Waals surface area contributed by atoms with E-state index in [0.717, 1.165) is 16.7 Å². The maximum atomic E-state index is 13.8. The standard InChI is InChI=1S/C31H31NO5/c1-20(2)35-16-8-15-32-28(23-11-7-12-24(18-23)36-19-22-9-5-4-6-10-22)27-29(33)25-17-21(3)13-14-26(25)37-30(27)31(32)34/h4-7,9-14,17-18,20,28H,8,15-16,19H2,1-3H3/t28-/m1/s1. The second-order valence-electron chi connectivity index (χ2n) is 9.69. The zero-order chi connectivity index (χ0) is 25.9. The highest BCUT2D eigenvalue weighted by Gasteiger charge is 2.42. The Morgan fingerprint density at radius 2 is 1.78 bits per heavy atom. The highest BCUT2D eigenvalue weighted by Crippen LogP contribution is 2.39. The van der Waals surface area contributed by atoms with Crippen molar-refractivity contribution in [2.75, 3.05) is 13.2 Å². The van der Waals surface area contributed by atoms with Crippen LogP contribution in [-0.4, -0.2) is 30.1 Å². The average molecular weight is 498 g/mol. The lowest BCUT2D eigenvalue weighted by atomic mass is 9.98. The number of rotatable bonds is 9. The normalized spacial score (nSPS) is 15.0. The molecule has 0 N–H and O–H groups in total. The van der Waals surface area contributed by atoms with E-state index in [0.29, 0.717) is 48.5 Å². The van der Waals surface area contributed by atoms with E-state index < -0.39 is 6.04 Å². The van der Waals surface area contributed by atoms with Gasteiger partial charge in [-0.15, -0.1) is 0 Å². The molecule has 2 heterocycles. The molecule has 1 aromatic heterocycles. The van der Waals surface area contributed by atoms with Crippen LogP contribution in [0.5, 0.6) is 5.75 Å². The molecule has 1 aliphatic heterocycles. The molecular weight excluding hydrogens is 466 g/mol. The third kappa shape index (κ3) is 5.16. The van der Waals surface area contributed by atoms with Crippen LogP contribution in [0.25, 0.3) is 11.0 Å². The summed E-state index contributed by atoms with van der Waals surface area (Å²) in [5, 5.41) is 0.484. The molecule has 5 rings (SSSR count). The van der Waals surface area contributed by atoms with Crippen LogP contribution in [0.4, 0.5) is 0 Å². The van der Waals surface area contributed by atoms with Gasteiger partial charge in [0.2, 0.25) is 5.76 Å². The van der Waals surface area contributed by atoms with Crippen molar-refractivity contribution < 1.29 is 18.7 Å². The number of aryl methyl sites for hydroxylation is 1. The van der Waals surface area contributed by atoms with Crippen LogP contribution in [0.1, 0.15) is 59.1 Å². The molecule has 0 spiro atoms. The third-order valence-corrected chi connectivity index (χ3v) is 6.54. The second kappa shape index (κ2) is 10.6. The Morgan fingerprint density at radius 1 is 0.973 bits per heavy atom. The van der Waals surface area contributed by atoms with E-state index >= 15 is 0 Å². The van der Waals surface area contributed by atoms with Crippen molar-refractivity contribution in [2.45, 2.75) is 45.9 Å². The van der Waals surface area contributed by atoms with Crippen LogP contribution in [0.2, 0.25) is 0 Å². The SMILES string of the molecule is Cc1ccc2oc3c(c(=O)c2c1)[C@@H](c1cccc(OCc2ccccc2)c1)N(CCCOC(C)C)C3=O. The van der Waals surface area contributed by atoms with Gasteiger partial charge >= 0.3 is 0 Å². The van der Waals surface area contributed by atoms with Gasteiger partial charge in [0.15, 0.2) is 5.43 Å². The fraction of sp³-hybridized carbons (Fsp3) is 0.290. The topological polar surface area (TPSA) is 69.0 Å². The molecule has 1 atom stereocenters. The summed E-state index contributed by atoms with van der Waals surface area (Å²) in [5.74, 6) is 0.512. The molecule has 3 aromatic carbocycles. The van der Waals surface area contributed by atoms with E-state index in [4.69, 9.17) is 13.9 Å². The van der Waals surface area contributed by atoms with Crippen LogP contribution in [0.3, 0.4) is 0 Å². The molecule has 0 unspecified atom stereocenters. The first-order valence-electron chi connectivity index (χ1n) is 12.7. The predicted octanol–water partition coefficient (Wildman–Crippen LogP) is 6.04. The van der Waals surface area contributed by atoms with Gasteiger partial charge in [0.25, 0.3) is 5.91 Å². The molecule has 1 amide bonds. The summed E-state index contributed by atoms with van der Waals surface area (Å²) in [6.07, 6.45) is 0.753. The summed E-state index contributed by atoms with van der Waals surface area (Å²) >= 11 is 0. The van der Waals surface area contributed by atoms with E-state index in [1.807, 2.05) is 87.5 Å². The number of nitrogens with zero attached hydrogens (tertiary/aromatic N) is 1. The number of carbonyl (C=O) groups is 1. The summed E-state index contributed by atoms with van der Waals surface area (Å²) in [6, 6.07) is 22.4.